The van der Waals surface area contributed by atoms with Crippen molar-refractivity contribution >= 4 is 39.5 Å². The number of nitrogens with one attached hydrogen (secondary N) is 2. The number of fused-ring (bicyclic) bond motifs is 1. The molecule has 2 aromatic carbocycles. The highest BCUT2D eigenvalue weighted by atomic mass is 79.9. The van der Waals surface area contributed by atoms with Crippen LogP contribution >= 0.6 is 15.9 Å². The molecule has 2 aliphatic rings. The Bertz CT molecular complexity index is 928. The maximum atomic E-state index is 13.0. The van der Waals surface area contributed by atoms with Gasteiger partial charge in [0.25, 0.3) is 5.91 Å². The molecule has 1 spiro atoms. The third kappa shape index (κ3) is 3.35. The molecule has 138 valence electrons. The van der Waals surface area contributed by atoms with E-state index in [2.05, 4.69) is 26.6 Å². The molecule has 7 heteroatoms. The number of aryl methyl sites for hydroxylation is 1. The lowest BCUT2D eigenvalue weighted by Gasteiger charge is -2.32. The van der Waals surface area contributed by atoms with Crippen LogP contribution in [0.5, 0.6) is 0 Å². The van der Waals surface area contributed by atoms with Crippen LogP contribution in [0.4, 0.5) is 10.5 Å². The van der Waals surface area contributed by atoms with Gasteiger partial charge in [-0.1, -0.05) is 40.2 Å². The summed E-state index contributed by atoms with van der Waals surface area (Å²) >= 11 is 3.33. The van der Waals surface area contributed by atoms with Gasteiger partial charge in [0.15, 0.2) is 0 Å². The number of nitrogens with zero attached hydrogens (tertiary/aromatic N) is 1. The fourth-order valence-electron chi connectivity index (χ4n) is 3.72. The monoisotopic (exact) mass is 427 g/mol. The van der Waals surface area contributed by atoms with Gasteiger partial charge in [-0.2, -0.15) is 0 Å². The van der Waals surface area contributed by atoms with E-state index >= 15 is 0 Å². The first kappa shape index (κ1) is 17.7. The van der Waals surface area contributed by atoms with Crippen LogP contribution in [-0.2, 0) is 22.4 Å². The molecule has 1 saturated heterocycles. The molecule has 2 N–H and O–H groups in total. The van der Waals surface area contributed by atoms with Crippen molar-refractivity contribution < 1.29 is 14.4 Å². The molecule has 0 aromatic heterocycles. The number of benzene rings is 2. The molecule has 0 radical (unpaired) electrons. The molecule has 1 aliphatic heterocycles. The Balaban J connectivity index is 1.47. The third-order valence-electron chi connectivity index (χ3n) is 5.11. The van der Waals surface area contributed by atoms with Crippen molar-refractivity contribution in [2.45, 2.75) is 24.8 Å². The molecule has 1 atom stereocenters. The molecule has 2 aromatic rings. The highest BCUT2D eigenvalue weighted by Crippen LogP contribution is 2.33. The van der Waals surface area contributed by atoms with E-state index in [9.17, 15) is 14.4 Å². The van der Waals surface area contributed by atoms with E-state index < -0.39 is 17.5 Å². The Labute approximate surface area is 165 Å². The second kappa shape index (κ2) is 6.81. The number of halogens is 1. The van der Waals surface area contributed by atoms with Gasteiger partial charge in [0.2, 0.25) is 5.91 Å². The SMILES string of the molecule is O=C(CN1C(=O)NC2(CCc3ccccc3C2)C1=O)Nc1ccc(Br)cc1. The minimum absolute atomic E-state index is 0.301. The van der Waals surface area contributed by atoms with Gasteiger partial charge < -0.3 is 10.6 Å². The van der Waals surface area contributed by atoms with Crippen LogP contribution in [0.25, 0.3) is 0 Å². The van der Waals surface area contributed by atoms with E-state index in [4.69, 9.17) is 0 Å². The molecular formula is C20H18BrN3O3. The largest absolute Gasteiger partial charge is 0.325 e. The first-order chi connectivity index (χ1) is 13.0. The van der Waals surface area contributed by atoms with E-state index in [1.54, 1.807) is 24.3 Å². The fraction of sp³-hybridized carbons (Fsp3) is 0.250. The lowest BCUT2D eigenvalue weighted by atomic mass is 9.78. The van der Waals surface area contributed by atoms with Crippen LogP contribution in [0.1, 0.15) is 17.5 Å². The van der Waals surface area contributed by atoms with Crippen LogP contribution in [0.2, 0.25) is 0 Å². The number of urea groups is 1. The Morgan fingerprint density at radius 2 is 1.81 bits per heavy atom. The fourth-order valence-corrected chi connectivity index (χ4v) is 3.99. The lowest BCUT2D eigenvalue weighted by Crippen LogP contribution is -2.51. The molecule has 0 saturated carbocycles. The van der Waals surface area contributed by atoms with Crippen LogP contribution in [0, 0.1) is 0 Å². The van der Waals surface area contributed by atoms with Crippen LogP contribution in [0.15, 0.2) is 53.0 Å². The van der Waals surface area contributed by atoms with Crippen molar-refractivity contribution in [2.75, 3.05) is 11.9 Å². The van der Waals surface area contributed by atoms with Gasteiger partial charge in [-0.25, -0.2) is 4.79 Å². The average molecular weight is 428 g/mol. The van der Waals surface area contributed by atoms with Gasteiger partial charge in [-0.15, -0.1) is 0 Å². The quantitative estimate of drug-likeness (QED) is 0.739. The standard InChI is InChI=1S/C20H18BrN3O3/c21-15-5-7-16(8-6-15)22-17(25)12-24-18(26)20(23-19(24)27)10-9-13-3-1-2-4-14(13)11-20/h1-8H,9-12H2,(H,22,25)(H,23,27). The molecule has 4 amide bonds. The molecule has 6 nitrogen and oxygen atoms in total. The van der Waals surface area contributed by atoms with Crippen molar-refractivity contribution in [1.82, 2.24) is 10.2 Å². The number of hydrogen-bond acceptors (Lipinski definition) is 3. The van der Waals surface area contributed by atoms with Gasteiger partial charge in [0.1, 0.15) is 12.1 Å². The van der Waals surface area contributed by atoms with Crippen molar-refractivity contribution in [2.24, 2.45) is 0 Å². The lowest BCUT2D eigenvalue weighted by molar-refractivity contribution is -0.134. The summed E-state index contributed by atoms with van der Waals surface area (Å²) < 4.78 is 0.897. The second-order valence-corrected chi connectivity index (χ2v) is 7.82. The van der Waals surface area contributed by atoms with E-state index in [-0.39, 0.29) is 12.5 Å². The van der Waals surface area contributed by atoms with E-state index in [0.717, 1.165) is 21.4 Å². The highest BCUT2D eigenvalue weighted by Gasteiger charge is 2.52. The van der Waals surface area contributed by atoms with E-state index in [0.29, 0.717) is 18.5 Å². The molecule has 1 fully saturated rings. The van der Waals surface area contributed by atoms with Gasteiger partial charge in [-0.05, 0) is 48.2 Å². The summed E-state index contributed by atoms with van der Waals surface area (Å²) in [5, 5.41) is 5.55. The van der Waals surface area contributed by atoms with Gasteiger partial charge >= 0.3 is 6.03 Å². The number of hydrogen-bond donors (Lipinski definition) is 2. The first-order valence-electron chi connectivity index (χ1n) is 8.73. The Kier molecular flexibility index (Phi) is 4.47. The molecule has 1 aliphatic carbocycles. The topological polar surface area (TPSA) is 78.5 Å². The number of carbonyl (C=O) groups is 3. The zero-order valence-corrected chi connectivity index (χ0v) is 16.1. The molecule has 1 heterocycles. The van der Waals surface area contributed by atoms with Gasteiger partial charge in [-0.3, -0.25) is 14.5 Å². The summed E-state index contributed by atoms with van der Waals surface area (Å²) in [5.74, 6) is -0.734. The zero-order chi connectivity index (χ0) is 19.0. The molecule has 27 heavy (non-hydrogen) atoms. The number of rotatable bonds is 3. The van der Waals surface area contributed by atoms with Gasteiger partial charge in [0, 0.05) is 16.6 Å². The Morgan fingerprint density at radius 1 is 1.11 bits per heavy atom. The number of imide groups is 1. The summed E-state index contributed by atoms with van der Waals surface area (Å²) in [4.78, 5) is 38.7. The van der Waals surface area contributed by atoms with Crippen molar-refractivity contribution in [3.05, 3.63) is 64.1 Å². The average Bonchev–Trinajstić information content (AvgIpc) is 2.87. The normalized spacial score (nSPS) is 21.1. The van der Waals surface area contributed by atoms with Crippen LogP contribution in [-0.4, -0.2) is 34.8 Å². The summed E-state index contributed by atoms with van der Waals surface area (Å²) in [6, 6.07) is 14.5. The summed E-state index contributed by atoms with van der Waals surface area (Å²) in [5.41, 5.74) is 1.94. The summed E-state index contributed by atoms with van der Waals surface area (Å²) in [6.07, 6.45) is 1.72. The minimum atomic E-state index is -0.941. The predicted molar refractivity (Wildman–Crippen MR) is 104 cm³/mol. The maximum absolute atomic E-state index is 13.0. The smallest absolute Gasteiger partial charge is 0.325 e. The zero-order valence-electron chi connectivity index (χ0n) is 14.5. The van der Waals surface area contributed by atoms with E-state index in [1.807, 2.05) is 24.3 Å². The first-order valence-corrected chi connectivity index (χ1v) is 9.52. The number of amides is 4. The van der Waals surface area contributed by atoms with Crippen LogP contribution < -0.4 is 10.6 Å². The third-order valence-corrected chi connectivity index (χ3v) is 5.64. The second-order valence-electron chi connectivity index (χ2n) is 6.90. The minimum Gasteiger partial charge on any atom is -0.325 e. The molecule has 1 unspecified atom stereocenters. The summed E-state index contributed by atoms with van der Waals surface area (Å²) in [7, 11) is 0. The highest BCUT2D eigenvalue weighted by molar-refractivity contribution is 9.10. The maximum Gasteiger partial charge on any atom is 0.325 e. The van der Waals surface area contributed by atoms with Crippen LogP contribution in [0.3, 0.4) is 0 Å². The molecule has 4 rings (SSSR count). The number of anilines is 1. The molecular weight excluding hydrogens is 410 g/mol. The predicted octanol–water partition coefficient (Wildman–Crippen LogP) is 2.87. The van der Waals surface area contributed by atoms with Gasteiger partial charge in [0.05, 0.1) is 0 Å². The number of carbonyl (C=O) groups excluding carboxylic acids is 3. The van der Waals surface area contributed by atoms with Crippen molar-refractivity contribution in [1.29, 1.82) is 0 Å². The Morgan fingerprint density at radius 3 is 2.56 bits per heavy atom. The van der Waals surface area contributed by atoms with Crippen molar-refractivity contribution in [3.8, 4) is 0 Å². The van der Waals surface area contributed by atoms with Crippen molar-refractivity contribution in [3.63, 3.8) is 0 Å². The molecule has 0 bridgehead atoms. The Hall–Kier alpha value is -2.67. The summed E-state index contributed by atoms with van der Waals surface area (Å²) in [6.45, 7) is -0.301. The van der Waals surface area contributed by atoms with E-state index in [1.165, 1.54) is 5.56 Å².